The number of aryl methyl sites for hydroxylation is 1. The zero-order chi connectivity index (χ0) is 14.5. The van der Waals surface area contributed by atoms with Crippen molar-refractivity contribution in [2.75, 3.05) is 6.54 Å². The largest absolute Gasteiger partial charge is 0.489 e. The molecule has 20 heavy (non-hydrogen) atoms. The van der Waals surface area contributed by atoms with Gasteiger partial charge in [0.2, 0.25) is 0 Å². The Labute approximate surface area is 126 Å². The highest BCUT2D eigenvalue weighted by molar-refractivity contribution is 9.10. The van der Waals surface area contributed by atoms with Crippen LogP contribution < -0.4 is 10.1 Å². The Hall–Kier alpha value is -1.82. The number of halogens is 1. The van der Waals surface area contributed by atoms with Crippen molar-refractivity contribution in [3.05, 3.63) is 46.7 Å². The Balaban J connectivity index is 1.83. The highest BCUT2D eigenvalue weighted by Gasteiger charge is 2.10. The van der Waals surface area contributed by atoms with E-state index in [9.17, 15) is 4.79 Å². The molecule has 5 nitrogen and oxygen atoms in total. The van der Waals surface area contributed by atoms with Gasteiger partial charge in [-0.05, 0) is 25.1 Å². The molecule has 0 aliphatic heterocycles. The topological polar surface area (TPSA) is 56.2 Å². The number of nitrogens with zero attached hydrogens (tertiary/aromatic N) is 2. The molecule has 106 valence electrons. The van der Waals surface area contributed by atoms with Crippen LogP contribution >= 0.6 is 15.9 Å². The average molecular weight is 338 g/mol. The third-order valence-electron chi connectivity index (χ3n) is 2.65. The first kappa shape index (κ1) is 14.6. The number of carbonyl (C=O) groups excluding carboxylic acids is 1. The van der Waals surface area contributed by atoms with Gasteiger partial charge in [0.15, 0.2) is 0 Å². The molecule has 0 fully saturated rings. The molecule has 1 amide bonds. The zero-order valence-electron chi connectivity index (χ0n) is 11.3. The van der Waals surface area contributed by atoms with Gasteiger partial charge >= 0.3 is 0 Å². The van der Waals surface area contributed by atoms with Crippen molar-refractivity contribution in [3.63, 3.8) is 0 Å². The Morgan fingerprint density at radius 1 is 1.55 bits per heavy atom. The standard InChI is InChI=1S/C14H16BrN3O2/c1-10(20-13-5-3-4-12(15)6-13)7-16-14(19)11-8-17-18(2)9-11/h3-6,8-10H,7H2,1-2H3,(H,16,19). The molecule has 1 N–H and O–H groups in total. The summed E-state index contributed by atoms with van der Waals surface area (Å²) in [6, 6.07) is 7.60. The van der Waals surface area contributed by atoms with Crippen molar-refractivity contribution in [3.8, 4) is 5.75 Å². The summed E-state index contributed by atoms with van der Waals surface area (Å²) in [5.41, 5.74) is 0.544. The summed E-state index contributed by atoms with van der Waals surface area (Å²) in [5.74, 6) is 0.616. The second-order valence-corrected chi connectivity index (χ2v) is 5.41. The molecular weight excluding hydrogens is 322 g/mol. The summed E-state index contributed by atoms with van der Waals surface area (Å²) < 4.78 is 8.27. The van der Waals surface area contributed by atoms with Crippen LogP contribution in [0, 0.1) is 0 Å². The molecule has 0 saturated carbocycles. The third-order valence-corrected chi connectivity index (χ3v) is 3.14. The monoisotopic (exact) mass is 337 g/mol. The number of nitrogens with one attached hydrogen (secondary N) is 1. The minimum atomic E-state index is -0.150. The van der Waals surface area contributed by atoms with Crippen LogP contribution in [-0.2, 0) is 7.05 Å². The lowest BCUT2D eigenvalue weighted by Gasteiger charge is -2.15. The second-order valence-electron chi connectivity index (χ2n) is 4.50. The van der Waals surface area contributed by atoms with Crippen LogP contribution in [0.2, 0.25) is 0 Å². The van der Waals surface area contributed by atoms with Crippen molar-refractivity contribution >= 4 is 21.8 Å². The van der Waals surface area contributed by atoms with Crippen LogP contribution in [0.15, 0.2) is 41.1 Å². The lowest BCUT2D eigenvalue weighted by Crippen LogP contribution is -2.33. The van der Waals surface area contributed by atoms with E-state index in [-0.39, 0.29) is 12.0 Å². The summed E-state index contributed by atoms with van der Waals surface area (Å²) in [7, 11) is 1.77. The van der Waals surface area contributed by atoms with E-state index in [0.29, 0.717) is 12.1 Å². The van der Waals surface area contributed by atoms with Gasteiger partial charge in [-0.2, -0.15) is 5.10 Å². The molecule has 1 atom stereocenters. The lowest BCUT2D eigenvalue weighted by molar-refractivity contribution is 0.0932. The van der Waals surface area contributed by atoms with Gasteiger partial charge in [-0.1, -0.05) is 22.0 Å². The first-order chi connectivity index (χ1) is 9.54. The Bertz CT molecular complexity index is 598. The molecular formula is C14H16BrN3O2. The second kappa shape index (κ2) is 6.56. The van der Waals surface area contributed by atoms with E-state index >= 15 is 0 Å². The number of rotatable bonds is 5. The average Bonchev–Trinajstić information content (AvgIpc) is 2.83. The maximum Gasteiger partial charge on any atom is 0.254 e. The first-order valence-electron chi connectivity index (χ1n) is 6.23. The fourth-order valence-corrected chi connectivity index (χ4v) is 2.07. The number of aromatic nitrogens is 2. The Kier molecular flexibility index (Phi) is 4.79. The molecule has 6 heteroatoms. The molecule has 0 aliphatic rings. The van der Waals surface area contributed by atoms with Crippen molar-refractivity contribution in [2.45, 2.75) is 13.0 Å². The number of carbonyl (C=O) groups is 1. The minimum Gasteiger partial charge on any atom is -0.489 e. The van der Waals surface area contributed by atoms with Gasteiger partial charge in [0.05, 0.1) is 18.3 Å². The van der Waals surface area contributed by atoms with E-state index in [0.717, 1.165) is 10.2 Å². The molecule has 1 aromatic carbocycles. The molecule has 1 heterocycles. The molecule has 1 aromatic heterocycles. The van der Waals surface area contributed by atoms with Gasteiger partial charge in [0.1, 0.15) is 11.9 Å². The highest BCUT2D eigenvalue weighted by atomic mass is 79.9. The van der Waals surface area contributed by atoms with Gasteiger partial charge in [-0.3, -0.25) is 9.48 Å². The maximum atomic E-state index is 11.8. The van der Waals surface area contributed by atoms with E-state index in [1.807, 2.05) is 31.2 Å². The predicted molar refractivity (Wildman–Crippen MR) is 79.8 cm³/mol. The summed E-state index contributed by atoms with van der Waals surface area (Å²) in [5, 5.41) is 6.78. The third kappa shape index (κ3) is 4.09. The lowest BCUT2D eigenvalue weighted by atomic mass is 10.3. The molecule has 0 bridgehead atoms. The molecule has 0 spiro atoms. The maximum absolute atomic E-state index is 11.8. The SMILES string of the molecule is CC(CNC(=O)c1cnn(C)c1)Oc1cccc(Br)c1. The van der Waals surface area contributed by atoms with Gasteiger partial charge < -0.3 is 10.1 Å². The van der Waals surface area contributed by atoms with Gasteiger partial charge in [0.25, 0.3) is 5.91 Å². The molecule has 1 unspecified atom stereocenters. The van der Waals surface area contributed by atoms with Crippen molar-refractivity contribution in [1.82, 2.24) is 15.1 Å². The van der Waals surface area contributed by atoms with E-state index in [1.165, 1.54) is 6.20 Å². The molecule has 0 radical (unpaired) electrons. The normalized spacial score (nSPS) is 11.9. The number of hydrogen-bond donors (Lipinski definition) is 1. The highest BCUT2D eigenvalue weighted by Crippen LogP contribution is 2.18. The Morgan fingerprint density at radius 3 is 3.00 bits per heavy atom. The van der Waals surface area contributed by atoms with Crippen LogP contribution in [0.25, 0.3) is 0 Å². The Morgan fingerprint density at radius 2 is 2.35 bits per heavy atom. The molecule has 2 rings (SSSR count). The molecule has 0 saturated heterocycles. The van der Waals surface area contributed by atoms with Crippen molar-refractivity contribution < 1.29 is 9.53 Å². The first-order valence-corrected chi connectivity index (χ1v) is 7.03. The van der Waals surface area contributed by atoms with Crippen LogP contribution in [0.5, 0.6) is 5.75 Å². The van der Waals surface area contributed by atoms with Crippen molar-refractivity contribution in [1.29, 1.82) is 0 Å². The van der Waals surface area contributed by atoms with E-state index < -0.39 is 0 Å². The van der Waals surface area contributed by atoms with E-state index in [2.05, 4.69) is 26.3 Å². The predicted octanol–water partition coefficient (Wildman–Crippen LogP) is 2.38. The quantitative estimate of drug-likeness (QED) is 0.911. The van der Waals surface area contributed by atoms with Gasteiger partial charge in [0, 0.05) is 17.7 Å². The summed E-state index contributed by atoms with van der Waals surface area (Å²) in [4.78, 5) is 11.8. The van der Waals surface area contributed by atoms with E-state index in [1.54, 1.807) is 17.9 Å². The van der Waals surface area contributed by atoms with E-state index in [4.69, 9.17) is 4.74 Å². The summed E-state index contributed by atoms with van der Waals surface area (Å²) in [6.07, 6.45) is 3.09. The molecule has 2 aromatic rings. The fraction of sp³-hybridized carbons (Fsp3) is 0.286. The summed E-state index contributed by atoms with van der Waals surface area (Å²) >= 11 is 3.39. The fourth-order valence-electron chi connectivity index (χ4n) is 1.69. The number of ether oxygens (including phenoxy) is 1. The smallest absolute Gasteiger partial charge is 0.254 e. The number of amides is 1. The zero-order valence-corrected chi connectivity index (χ0v) is 12.9. The minimum absolute atomic E-state index is 0.120. The van der Waals surface area contributed by atoms with Crippen LogP contribution in [0.1, 0.15) is 17.3 Å². The van der Waals surface area contributed by atoms with Crippen LogP contribution in [0.3, 0.4) is 0 Å². The van der Waals surface area contributed by atoms with Crippen LogP contribution in [-0.4, -0.2) is 28.3 Å². The van der Waals surface area contributed by atoms with Gasteiger partial charge in [-0.15, -0.1) is 0 Å². The van der Waals surface area contributed by atoms with Crippen molar-refractivity contribution in [2.24, 2.45) is 7.05 Å². The number of hydrogen-bond acceptors (Lipinski definition) is 3. The van der Waals surface area contributed by atoms with Gasteiger partial charge in [-0.25, -0.2) is 0 Å². The van der Waals surface area contributed by atoms with Crippen LogP contribution in [0.4, 0.5) is 0 Å². The molecule has 0 aliphatic carbocycles. The number of benzene rings is 1. The summed E-state index contributed by atoms with van der Waals surface area (Å²) in [6.45, 7) is 2.34.